The number of amides is 2. The van der Waals surface area contributed by atoms with E-state index in [-0.39, 0.29) is 17.9 Å². The number of hydrogen-bond donors (Lipinski definition) is 2. The minimum Gasteiger partial charge on any atom is -0.335 e. The lowest BCUT2D eigenvalue weighted by molar-refractivity contribution is 0.200. The largest absolute Gasteiger partial charge is 0.335 e. The number of nitrogens with one attached hydrogen (secondary N) is 2. The molecule has 9 heteroatoms. The number of nitrogens with zero attached hydrogens (tertiary/aromatic N) is 4. The Labute approximate surface area is 166 Å². The molecule has 1 atom stereocenters. The summed E-state index contributed by atoms with van der Waals surface area (Å²) in [5.74, 6) is -1.13. The van der Waals surface area contributed by atoms with Gasteiger partial charge in [-0.05, 0) is 49.4 Å². The van der Waals surface area contributed by atoms with Crippen molar-refractivity contribution >= 4 is 11.9 Å². The zero-order chi connectivity index (χ0) is 20.8. The molecule has 2 heterocycles. The average Bonchev–Trinajstić information content (AvgIpc) is 3.06. The second-order valence-corrected chi connectivity index (χ2v) is 6.86. The first-order valence-corrected chi connectivity index (χ1v) is 9.27. The molecule has 150 valence electrons. The van der Waals surface area contributed by atoms with Crippen LogP contribution in [0.4, 0.5) is 13.6 Å². The van der Waals surface area contributed by atoms with Gasteiger partial charge in [0, 0.05) is 24.7 Å². The summed E-state index contributed by atoms with van der Waals surface area (Å²) in [6.45, 7) is 0. The van der Waals surface area contributed by atoms with Crippen LogP contribution in [0.5, 0.6) is 0 Å². The molecule has 4 rings (SSSR count). The first kappa shape index (κ1) is 20.3. The molecule has 7 nitrogen and oxygen atoms in total. The van der Waals surface area contributed by atoms with E-state index in [2.05, 4.69) is 15.3 Å². The molecular weight excluding hydrogens is 378 g/mol. The lowest BCUT2D eigenvalue weighted by Crippen LogP contribution is -2.48. The Morgan fingerprint density at radius 3 is 2.48 bits per heavy atom. The van der Waals surface area contributed by atoms with E-state index >= 15 is 0 Å². The van der Waals surface area contributed by atoms with Crippen LogP contribution in [0.2, 0.25) is 0 Å². The van der Waals surface area contributed by atoms with E-state index in [4.69, 9.17) is 10.7 Å². The Morgan fingerprint density at radius 1 is 1.24 bits per heavy atom. The first-order chi connectivity index (χ1) is 14.0. The maximum absolute atomic E-state index is 13.4. The molecule has 0 radical (unpaired) electrons. The fraction of sp³-hybridized carbons (Fsp3) is 0.350. The molecule has 1 aliphatic carbocycles. The van der Waals surface area contributed by atoms with Crippen LogP contribution in [-0.4, -0.2) is 32.8 Å². The summed E-state index contributed by atoms with van der Waals surface area (Å²) >= 11 is 0. The van der Waals surface area contributed by atoms with E-state index in [9.17, 15) is 13.6 Å². The zero-order valence-corrected chi connectivity index (χ0v) is 15.6. The van der Waals surface area contributed by atoms with Crippen molar-refractivity contribution in [2.45, 2.75) is 44.2 Å². The molecule has 2 aliphatic rings. The van der Waals surface area contributed by atoms with E-state index < -0.39 is 17.7 Å². The minimum atomic E-state index is -0.664. The van der Waals surface area contributed by atoms with Crippen LogP contribution in [0.1, 0.15) is 49.4 Å². The number of hydrogen-bond acceptors (Lipinski definition) is 5. The number of nitriles is 1. The number of likely N-dealkylation sites (tertiary alicyclic amines) is 1. The smallest absolute Gasteiger partial charge is 0.323 e. The Hall–Kier alpha value is -3.41. The van der Waals surface area contributed by atoms with E-state index in [0.29, 0.717) is 24.1 Å². The molecule has 1 aliphatic heterocycles. The van der Waals surface area contributed by atoms with Gasteiger partial charge in [-0.15, -0.1) is 0 Å². The molecule has 2 N–H and O–H groups in total. The number of aromatic nitrogens is 2. The van der Waals surface area contributed by atoms with Crippen LogP contribution in [0, 0.1) is 28.4 Å². The lowest BCUT2D eigenvalue weighted by atomic mass is 9.93. The number of benzene rings is 1. The van der Waals surface area contributed by atoms with E-state index in [1.54, 1.807) is 6.07 Å². The molecule has 1 unspecified atom stereocenters. The molecule has 1 aromatic carbocycles. The van der Waals surface area contributed by atoms with E-state index in [1.807, 2.05) is 6.07 Å². The Kier molecular flexibility index (Phi) is 6.44. The molecule has 0 bridgehead atoms. The van der Waals surface area contributed by atoms with Crippen molar-refractivity contribution in [2.75, 3.05) is 0 Å². The molecule has 0 spiro atoms. The van der Waals surface area contributed by atoms with E-state index in [0.717, 1.165) is 25.3 Å². The monoisotopic (exact) mass is 398 g/mol. The van der Waals surface area contributed by atoms with Gasteiger partial charge < -0.3 is 5.32 Å². The fourth-order valence-corrected chi connectivity index (χ4v) is 3.21. The maximum atomic E-state index is 13.4. The second-order valence-electron chi connectivity index (χ2n) is 6.86. The number of amidine groups is 1. The number of halogens is 2. The summed E-state index contributed by atoms with van der Waals surface area (Å²) in [5, 5.41) is 19.0. The molecule has 1 saturated carbocycles. The van der Waals surface area contributed by atoms with Crippen molar-refractivity contribution in [3.05, 3.63) is 59.7 Å². The number of carbonyl (C=O) groups is 1. The van der Waals surface area contributed by atoms with Crippen LogP contribution in [0.3, 0.4) is 0 Å². The topological polar surface area (TPSA) is 106 Å². The molecule has 2 aromatic rings. The summed E-state index contributed by atoms with van der Waals surface area (Å²) < 4.78 is 26.7. The minimum absolute atomic E-state index is 0.163. The Morgan fingerprint density at radius 2 is 1.97 bits per heavy atom. The van der Waals surface area contributed by atoms with Gasteiger partial charge in [0.25, 0.3) is 0 Å². The predicted molar refractivity (Wildman–Crippen MR) is 101 cm³/mol. The average molecular weight is 398 g/mol. The van der Waals surface area contributed by atoms with Gasteiger partial charge in [0.1, 0.15) is 35.6 Å². The normalized spacial score (nSPS) is 18.3. The highest BCUT2D eigenvalue weighted by Gasteiger charge is 2.36. The van der Waals surface area contributed by atoms with Gasteiger partial charge in [0.15, 0.2) is 0 Å². The van der Waals surface area contributed by atoms with Gasteiger partial charge in [0.2, 0.25) is 0 Å². The van der Waals surface area contributed by atoms with Crippen LogP contribution in [-0.2, 0) is 0 Å². The summed E-state index contributed by atoms with van der Waals surface area (Å²) in [7, 11) is 0. The summed E-state index contributed by atoms with van der Waals surface area (Å²) in [6, 6.07) is 6.06. The summed E-state index contributed by atoms with van der Waals surface area (Å²) in [6.07, 6.45) is 6.82. The highest BCUT2D eigenvalue weighted by atomic mass is 19.1. The Balaban J connectivity index is 0.000000252. The molecule has 29 heavy (non-hydrogen) atoms. The van der Waals surface area contributed by atoms with Gasteiger partial charge in [-0.2, -0.15) is 5.26 Å². The standard InChI is InChI=1S/C15H17F2N3O.C5H3N3/c16-10-6-9(7-11(17)8-10)13-4-5-14(18)20(13)15(21)19-12-2-1-3-12;6-3-5-1-2-7-4-8-5/h6-8,12-13,18H,1-5H2,(H,19,21);1-2,4H. The quantitative estimate of drug-likeness (QED) is 0.805. The summed E-state index contributed by atoms with van der Waals surface area (Å²) in [5.41, 5.74) is 0.804. The number of urea groups is 1. The van der Waals surface area contributed by atoms with Gasteiger partial charge in [-0.1, -0.05) is 0 Å². The zero-order valence-electron chi connectivity index (χ0n) is 15.6. The van der Waals surface area contributed by atoms with Crippen LogP contribution >= 0.6 is 0 Å². The highest BCUT2D eigenvalue weighted by Crippen LogP contribution is 2.34. The number of carbonyl (C=O) groups excluding carboxylic acids is 1. The highest BCUT2D eigenvalue weighted by molar-refractivity contribution is 5.98. The van der Waals surface area contributed by atoms with Crippen LogP contribution in [0.15, 0.2) is 36.8 Å². The van der Waals surface area contributed by atoms with Crippen molar-refractivity contribution < 1.29 is 13.6 Å². The first-order valence-electron chi connectivity index (χ1n) is 9.27. The van der Waals surface area contributed by atoms with Crippen molar-refractivity contribution in [1.29, 1.82) is 10.7 Å². The third-order valence-corrected chi connectivity index (χ3v) is 4.87. The van der Waals surface area contributed by atoms with Crippen LogP contribution < -0.4 is 5.32 Å². The number of rotatable bonds is 2. The summed E-state index contributed by atoms with van der Waals surface area (Å²) in [4.78, 5) is 20.9. The fourth-order valence-electron chi connectivity index (χ4n) is 3.21. The van der Waals surface area contributed by atoms with Gasteiger partial charge in [0.05, 0.1) is 6.04 Å². The van der Waals surface area contributed by atoms with E-state index in [1.165, 1.54) is 29.6 Å². The van der Waals surface area contributed by atoms with Crippen molar-refractivity contribution in [3.8, 4) is 6.07 Å². The molecule has 1 aromatic heterocycles. The van der Waals surface area contributed by atoms with Crippen LogP contribution in [0.25, 0.3) is 0 Å². The van der Waals surface area contributed by atoms with Gasteiger partial charge in [-0.25, -0.2) is 23.5 Å². The third-order valence-electron chi connectivity index (χ3n) is 4.87. The van der Waals surface area contributed by atoms with Crippen molar-refractivity contribution in [3.63, 3.8) is 0 Å². The van der Waals surface area contributed by atoms with Crippen molar-refractivity contribution in [2.24, 2.45) is 0 Å². The maximum Gasteiger partial charge on any atom is 0.323 e. The van der Waals surface area contributed by atoms with Gasteiger partial charge >= 0.3 is 6.03 Å². The van der Waals surface area contributed by atoms with Gasteiger partial charge in [-0.3, -0.25) is 10.3 Å². The SMILES string of the molecule is N#Cc1ccncn1.N=C1CCC(c2cc(F)cc(F)c2)N1C(=O)NC1CCC1. The lowest BCUT2D eigenvalue weighted by Gasteiger charge is -2.31. The predicted octanol–water partition coefficient (Wildman–Crippen LogP) is 3.69. The molecule has 2 fully saturated rings. The second kappa shape index (κ2) is 9.19. The molecular formula is C20H20F2N6O. The molecule has 1 saturated heterocycles. The Bertz CT molecular complexity index is 906. The van der Waals surface area contributed by atoms with Crippen molar-refractivity contribution in [1.82, 2.24) is 20.2 Å². The molecule has 2 amide bonds. The third kappa shape index (κ3) is 5.10.